The highest BCUT2D eigenvalue weighted by Gasteiger charge is 2.31. The quantitative estimate of drug-likeness (QED) is 0.845. The monoisotopic (exact) mass is 300 g/mol. The topological polar surface area (TPSA) is 51.2 Å². The second kappa shape index (κ2) is 6.61. The number of carbonyl (C=O) groups excluding carboxylic acids is 1. The molecule has 0 spiro atoms. The summed E-state index contributed by atoms with van der Waals surface area (Å²) in [5.41, 5.74) is 0. The van der Waals surface area contributed by atoms with E-state index in [1.165, 1.54) is 50.6 Å². The molecular formula is C13H20N2O2S2. The molecule has 0 bridgehead atoms. The van der Waals surface area contributed by atoms with Crippen LogP contribution >= 0.6 is 23.1 Å². The lowest BCUT2D eigenvalue weighted by molar-refractivity contribution is 0.0606. The van der Waals surface area contributed by atoms with Gasteiger partial charge in [-0.15, -0.1) is 0 Å². The molecule has 0 radical (unpaired) electrons. The molecule has 106 valence electrons. The van der Waals surface area contributed by atoms with Gasteiger partial charge in [0.25, 0.3) is 0 Å². The Morgan fingerprint density at radius 1 is 1.53 bits per heavy atom. The first kappa shape index (κ1) is 14.7. The Bertz CT molecular complexity index is 428. The van der Waals surface area contributed by atoms with E-state index >= 15 is 0 Å². The van der Waals surface area contributed by atoms with Crippen LogP contribution in [0.3, 0.4) is 0 Å². The number of carbonyl (C=O) groups is 1. The molecule has 0 aromatic carbocycles. The summed E-state index contributed by atoms with van der Waals surface area (Å²) >= 11 is 3.31. The number of nitrogens with zero attached hydrogens (tertiary/aromatic N) is 1. The van der Waals surface area contributed by atoms with Crippen LogP contribution in [0.25, 0.3) is 0 Å². The molecule has 0 amide bonds. The van der Waals surface area contributed by atoms with Gasteiger partial charge in [0, 0.05) is 11.3 Å². The van der Waals surface area contributed by atoms with E-state index in [1.807, 2.05) is 11.8 Å². The third-order valence-corrected chi connectivity index (χ3v) is 6.01. The highest BCUT2D eigenvalue weighted by molar-refractivity contribution is 8.00. The average Bonchev–Trinajstić information content (AvgIpc) is 2.94. The lowest BCUT2D eigenvalue weighted by Gasteiger charge is -2.35. The van der Waals surface area contributed by atoms with E-state index in [4.69, 9.17) is 0 Å². The third-order valence-electron chi connectivity index (χ3n) is 3.65. The first-order valence-corrected chi connectivity index (χ1v) is 8.56. The molecular weight excluding hydrogens is 280 g/mol. The number of anilines is 1. The highest BCUT2D eigenvalue weighted by atomic mass is 32.2. The van der Waals surface area contributed by atoms with Gasteiger partial charge in [0.2, 0.25) is 0 Å². The molecule has 0 atom stereocenters. The molecule has 0 unspecified atom stereocenters. The Hall–Kier alpha value is -0.750. The molecule has 2 rings (SSSR count). The van der Waals surface area contributed by atoms with Crippen LogP contribution in [0.5, 0.6) is 0 Å². The molecule has 6 heteroatoms. The van der Waals surface area contributed by atoms with Gasteiger partial charge in [-0.1, -0.05) is 30.6 Å². The minimum absolute atomic E-state index is 0.317. The molecule has 19 heavy (non-hydrogen) atoms. The van der Waals surface area contributed by atoms with Gasteiger partial charge >= 0.3 is 5.97 Å². The molecule has 1 aromatic rings. The van der Waals surface area contributed by atoms with E-state index in [0.29, 0.717) is 9.62 Å². The van der Waals surface area contributed by atoms with E-state index < -0.39 is 0 Å². The molecule has 4 nitrogen and oxygen atoms in total. The number of aromatic nitrogens is 1. The van der Waals surface area contributed by atoms with Crippen molar-refractivity contribution in [2.24, 2.45) is 0 Å². The van der Waals surface area contributed by atoms with Crippen molar-refractivity contribution in [3.8, 4) is 0 Å². The molecule has 1 saturated carbocycles. The minimum atomic E-state index is -0.317. The molecule has 1 aromatic heterocycles. The van der Waals surface area contributed by atoms with Gasteiger partial charge < -0.3 is 10.1 Å². The summed E-state index contributed by atoms with van der Waals surface area (Å²) in [6.07, 6.45) is 10.3. The van der Waals surface area contributed by atoms with Crippen LogP contribution in [0, 0.1) is 0 Å². The van der Waals surface area contributed by atoms with Crippen LogP contribution in [0.1, 0.15) is 41.8 Å². The minimum Gasteiger partial charge on any atom is -0.465 e. The van der Waals surface area contributed by atoms with Crippen LogP contribution in [0.15, 0.2) is 6.20 Å². The standard InChI is InChI=1S/C13H20N2O2S2/c1-17-11(16)10-8-14-12(19-10)15-9-13(18-2)6-4-3-5-7-13/h8H,3-7,9H2,1-2H3,(H,14,15). The summed E-state index contributed by atoms with van der Waals surface area (Å²) in [7, 11) is 1.39. The van der Waals surface area contributed by atoms with Crippen molar-refractivity contribution < 1.29 is 9.53 Å². The van der Waals surface area contributed by atoms with Crippen LogP contribution in [0.4, 0.5) is 5.13 Å². The van der Waals surface area contributed by atoms with Gasteiger partial charge in [0.1, 0.15) is 4.88 Å². The zero-order valence-electron chi connectivity index (χ0n) is 11.4. The van der Waals surface area contributed by atoms with E-state index in [9.17, 15) is 4.79 Å². The molecule has 1 N–H and O–H groups in total. The number of esters is 1. The molecule has 1 aliphatic rings. The number of thioether (sulfide) groups is 1. The SMILES string of the molecule is COC(=O)c1cnc(NCC2(SC)CCCCC2)s1. The molecule has 1 aliphatic carbocycles. The molecule has 0 aliphatic heterocycles. The maximum Gasteiger partial charge on any atom is 0.349 e. The summed E-state index contributed by atoms with van der Waals surface area (Å²) in [5.74, 6) is -0.317. The summed E-state index contributed by atoms with van der Waals surface area (Å²) in [5, 5.41) is 4.19. The van der Waals surface area contributed by atoms with Gasteiger partial charge in [0.15, 0.2) is 5.13 Å². The van der Waals surface area contributed by atoms with Crippen molar-refractivity contribution >= 4 is 34.2 Å². The summed E-state index contributed by atoms with van der Waals surface area (Å²) in [6.45, 7) is 0.919. The van der Waals surface area contributed by atoms with Crippen molar-refractivity contribution in [1.29, 1.82) is 0 Å². The Balaban J connectivity index is 1.93. The highest BCUT2D eigenvalue weighted by Crippen LogP contribution is 2.38. The predicted octanol–water partition coefficient (Wildman–Crippen LogP) is 3.41. The van der Waals surface area contributed by atoms with Crippen LogP contribution in [0.2, 0.25) is 0 Å². The second-order valence-electron chi connectivity index (χ2n) is 4.82. The van der Waals surface area contributed by atoms with E-state index in [-0.39, 0.29) is 5.97 Å². The number of ether oxygens (including phenoxy) is 1. The summed E-state index contributed by atoms with van der Waals surface area (Å²) < 4.78 is 5.01. The molecule has 1 heterocycles. The lowest BCUT2D eigenvalue weighted by atomic mass is 9.88. The van der Waals surface area contributed by atoms with E-state index in [0.717, 1.165) is 11.7 Å². The van der Waals surface area contributed by atoms with Gasteiger partial charge in [0.05, 0.1) is 13.3 Å². The van der Waals surface area contributed by atoms with Crippen molar-refractivity contribution in [3.63, 3.8) is 0 Å². The van der Waals surface area contributed by atoms with Gasteiger partial charge in [-0.05, 0) is 19.1 Å². The van der Waals surface area contributed by atoms with Crippen molar-refractivity contribution in [1.82, 2.24) is 4.98 Å². The molecule has 1 fully saturated rings. The Morgan fingerprint density at radius 2 is 2.26 bits per heavy atom. The van der Waals surface area contributed by atoms with E-state index in [1.54, 1.807) is 6.20 Å². The number of rotatable bonds is 5. The van der Waals surface area contributed by atoms with Gasteiger partial charge in [-0.3, -0.25) is 0 Å². The fraction of sp³-hybridized carbons (Fsp3) is 0.692. The predicted molar refractivity (Wildman–Crippen MR) is 81.3 cm³/mol. The first-order valence-electron chi connectivity index (χ1n) is 6.52. The normalized spacial score (nSPS) is 18.0. The van der Waals surface area contributed by atoms with Gasteiger partial charge in [-0.2, -0.15) is 11.8 Å². The fourth-order valence-corrected chi connectivity index (χ4v) is 4.08. The maximum atomic E-state index is 11.4. The number of hydrogen-bond acceptors (Lipinski definition) is 6. The van der Waals surface area contributed by atoms with Crippen molar-refractivity contribution in [2.45, 2.75) is 36.9 Å². The number of methoxy groups -OCH3 is 1. The number of thiazole rings is 1. The van der Waals surface area contributed by atoms with Crippen molar-refractivity contribution in [3.05, 3.63) is 11.1 Å². The first-order chi connectivity index (χ1) is 9.19. The zero-order chi connectivity index (χ0) is 13.7. The molecule has 0 saturated heterocycles. The summed E-state index contributed by atoms with van der Waals surface area (Å²) in [6, 6.07) is 0. The third kappa shape index (κ3) is 3.63. The van der Waals surface area contributed by atoms with E-state index in [2.05, 4.69) is 21.3 Å². The van der Waals surface area contributed by atoms with Crippen molar-refractivity contribution in [2.75, 3.05) is 25.2 Å². The van der Waals surface area contributed by atoms with Crippen LogP contribution in [-0.2, 0) is 4.74 Å². The Labute approximate surface area is 122 Å². The second-order valence-corrected chi connectivity index (χ2v) is 7.13. The van der Waals surface area contributed by atoms with Gasteiger partial charge in [-0.25, -0.2) is 9.78 Å². The fourth-order valence-electron chi connectivity index (χ4n) is 2.44. The maximum absolute atomic E-state index is 11.4. The average molecular weight is 300 g/mol. The Kier molecular flexibility index (Phi) is 5.10. The number of nitrogens with one attached hydrogen (secondary N) is 1. The smallest absolute Gasteiger partial charge is 0.349 e. The Morgan fingerprint density at radius 3 is 2.89 bits per heavy atom. The van der Waals surface area contributed by atoms with Crippen LogP contribution in [-0.4, -0.2) is 35.6 Å². The van der Waals surface area contributed by atoms with Crippen LogP contribution < -0.4 is 5.32 Å². The largest absolute Gasteiger partial charge is 0.465 e. The zero-order valence-corrected chi connectivity index (χ0v) is 13.0. The summed E-state index contributed by atoms with van der Waals surface area (Å²) in [4.78, 5) is 16.1. The lowest BCUT2D eigenvalue weighted by Crippen LogP contribution is -2.35. The number of hydrogen-bond donors (Lipinski definition) is 1.